The summed E-state index contributed by atoms with van der Waals surface area (Å²) < 4.78 is 2.62. The molecule has 0 saturated heterocycles. The molecule has 0 aliphatic carbocycles. The summed E-state index contributed by atoms with van der Waals surface area (Å²) in [5.74, 6) is 0.478. The number of aromatic nitrogens is 3. The van der Waals surface area contributed by atoms with Crippen LogP contribution in [0.2, 0.25) is 0 Å². The van der Waals surface area contributed by atoms with E-state index in [0.717, 1.165) is 15.7 Å². The molecule has 0 bridgehead atoms. The fraction of sp³-hybridized carbons (Fsp3) is 0.0625. The maximum absolute atomic E-state index is 12.3. The van der Waals surface area contributed by atoms with Crippen molar-refractivity contribution in [2.75, 3.05) is 5.32 Å². The van der Waals surface area contributed by atoms with Crippen molar-refractivity contribution in [1.82, 2.24) is 14.8 Å². The minimum absolute atomic E-state index is 0.190. The highest BCUT2D eigenvalue weighted by Crippen LogP contribution is 2.20. The zero-order chi connectivity index (χ0) is 15.5. The lowest BCUT2D eigenvalue weighted by atomic mass is 10.2. The molecule has 2 aromatic heterocycles. The summed E-state index contributed by atoms with van der Waals surface area (Å²) in [5, 5.41) is 6.98. The van der Waals surface area contributed by atoms with Gasteiger partial charge in [-0.15, -0.1) is 0 Å². The molecule has 22 heavy (non-hydrogen) atoms. The van der Waals surface area contributed by atoms with Gasteiger partial charge in [0.15, 0.2) is 5.82 Å². The first kappa shape index (κ1) is 14.5. The predicted molar refractivity (Wildman–Crippen MR) is 88.2 cm³/mol. The zero-order valence-electron chi connectivity index (χ0n) is 11.8. The van der Waals surface area contributed by atoms with Crippen molar-refractivity contribution < 1.29 is 4.79 Å². The molecule has 3 rings (SSSR count). The number of amides is 1. The summed E-state index contributed by atoms with van der Waals surface area (Å²) in [6.07, 6.45) is 5.02. The maximum atomic E-state index is 12.3. The van der Waals surface area contributed by atoms with E-state index in [1.807, 2.05) is 31.2 Å². The molecule has 0 radical (unpaired) electrons. The molecule has 1 aromatic carbocycles. The Kier molecular flexibility index (Phi) is 4.02. The number of carbonyl (C=O) groups is 1. The van der Waals surface area contributed by atoms with E-state index < -0.39 is 0 Å². The van der Waals surface area contributed by atoms with Crippen LogP contribution in [0, 0.1) is 6.92 Å². The summed E-state index contributed by atoms with van der Waals surface area (Å²) in [7, 11) is 0. The number of rotatable bonds is 3. The fourth-order valence-electron chi connectivity index (χ4n) is 2.02. The number of nitrogens with zero attached hydrogens (tertiary/aromatic N) is 3. The first-order chi connectivity index (χ1) is 10.6. The van der Waals surface area contributed by atoms with Gasteiger partial charge < -0.3 is 5.32 Å². The molecule has 110 valence electrons. The first-order valence-corrected chi connectivity index (χ1v) is 7.46. The van der Waals surface area contributed by atoms with E-state index in [2.05, 4.69) is 31.3 Å². The van der Waals surface area contributed by atoms with Gasteiger partial charge in [-0.05, 0) is 48.9 Å². The van der Waals surface area contributed by atoms with E-state index in [4.69, 9.17) is 0 Å². The SMILES string of the molecule is Cc1cc(Br)ccc1NC(=O)c1ccc(-n2cccn2)nc1. The van der Waals surface area contributed by atoms with E-state index in [1.54, 1.807) is 35.4 Å². The third kappa shape index (κ3) is 3.07. The molecule has 0 aliphatic rings. The van der Waals surface area contributed by atoms with Gasteiger partial charge in [0.1, 0.15) is 0 Å². The Morgan fingerprint density at radius 3 is 2.77 bits per heavy atom. The van der Waals surface area contributed by atoms with Crippen LogP contribution in [0.3, 0.4) is 0 Å². The highest BCUT2D eigenvalue weighted by atomic mass is 79.9. The second-order valence-electron chi connectivity index (χ2n) is 4.77. The van der Waals surface area contributed by atoms with Crippen molar-refractivity contribution in [3.63, 3.8) is 0 Å². The molecule has 0 unspecified atom stereocenters. The molecule has 0 fully saturated rings. The Morgan fingerprint density at radius 2 is 2.14 bits per heavy atom. The Morgan fingerprint density at radius 1 is 1.27 bits per heavy atom. The van der Waals surface area contributed by atoms with E-state index >= 15 is 0 Å². The number of hydrogen-bond donors (Lipinski definition) is 1. The summed E-state index contributed by atoms with van der Waals surface area (Å²) in [5.41, 5.74) is 2.27. The minimum Gasteiger partial charge on any atom is -0.322 e. The molecule has 6 heteroatoms. The van der Waals surface area contributed by atoms with Gasteiger partial charge in [0.2, 0.25) is 0 Å². The number of nitrogens with one attached hydrogen (secondary N) is 1. The quantitative estimate of drug-likeness (QED) is 0.779. The normalized spacial score (nSPS) is 10.5. The molecule has 0 aliphatic heterocycles. The second-order valence-corrected chi connectivity index (χ2v) is 5.68. The largest absolute Gasteiger partial charge is 0.322 e. The average Bonchev–Trinajstić information content (AvgIpc) is 3.04. The Bertz CT molecular complexity index is 798. The number of pyridine rings is 1. The van der Waals surface area contributed by atoms with E-state index in [0.29, 0.717) is 11.4 Å². The number of aryl methyl sites for hydroxylation is 1. The van der Waals surface area contributed by atoms with Crippen LogP contribution in [0.25, 0.3) is 5.82 Å². The first-order valence-electron chi connectivity index (χ1n) is 6.67. The van der Waals surface area contributed by atoms with Gasteiger partial charge in [-0.25, -0.2) is 9.67 Å². The summed E-state index contributed by atoms with van der Waals surface area (Å²) >= 11 is 3.40. The summed E-state index contributed by atoms with van der Waals surface area (Å²) in [6.45, 7) is 1.94. The van der Waals surface area contributed by atoms with Crippen LogP contribution in [0.4, 0.5) is 5.69 Å². The molecule has 0 atom stereocenters. The van der Waals surface area contributed by atoms with Crippen LogP contribution in [0.1, 0.15) is 15.9 Å². The molecule has 2 heterocycles. The predicted octanol–water partition coefficient (Wildman–Crippen LogP) is 3.59. The molecule has 0 spiro atoms. The monoisotopic (exact) mass is 356 g/mol. The van der Waals surface area contributed by atoms with Gasteiger partial charge in [0, 0.05) is 28.8 Å². The van der Waals surface area contributed by atoms with Crippen LogP contribution in [-0.4, -0.2) is 20.7 Å². The third-order valence-corrected chi connectivity index (χ3v) is 3.68. The smallest absolute Gasteiger partial charge is 0.257 e. The molecule has 1 amide bonds. The Labute approximate surface area is 136 Å². The van der Waals surface area contributed by atoms with Gasteiger partial charge in [0.25, 0.3) is 5.91 Å². The highest BCUT2D eigenvalue weighted by Gasteiger charge is 2.09. The number of halogens is 1. The standard InChI is InChI=1S/C16H13BrN4O/c1-11-9-13(17)4-5-14(11)20-16(22)12-3-6-15(18-10-12)21-8-2-7-19-21/h2-10H,1H3,(H,20,22). The van der Waals surface area contributed by atoms with Crippen molar-refractivity contribution in [1.29, 1.82) is 0 Å². The highest BCUT2D eigenvalue weighted by molar-refractivity contribution is 9.10. The molecule has 3 aromatic rings. The van der Waals surface area contributed by atoms with Crippen LogP contribution >= 0.6 is 15.9 Å². The van der Waals surface area contributed by atoms with Gasteiger partial charge in [-0.1, -0.05) is 15.9 Å². The summed E-state index contributed by atoms with van der Waals surface area (Å²) in [6, 6.07) is 11.0. The van der Waals surface area contributed by atoms with E-state index in [-0.39, 0.29) is 5.91 Å². The maximum Gasteiger partial charge on any atom is 0.257 e. The average molecular weight is 357 g/mol. The van der Waals surface area contributed by atoms with Crippen molar-refractivity contribution >= 4 is 27.5 Å². The summed E-state index contributed by atoms with van der Waals surface area (Å²) in [4.78, 5) is 16.5. The van der Waals surface area contributed by atoms with Gasteiger partial charge in [0.05, 0.1) is 5.56 Å². The topological polar surface area (TPSA) is 59.8 Å². The van der Waals surface area contributed by atoms with Gasteiger partial charge in [-0.2, -0.15) is 5.10 Å². The van der Waals surface area contributed by atoms with E-state index in [1.165, 1.54) is 0 Å². The molecule has 0 saturated carbocycles. The van der Waals surface area contributed by atoms with Gasteiger partial charge >= 0.3 is 0 Å². The number of carbonyl (C=O) groups excluding carboxylic acids is 1. The van der Waals surface area contributed by atoms with Crippen LogP contribution < -0.4 is 5.32 Å². The van der Waals surface area contributed by atoms with Crippen LogP contribution in [0.5, 0.6) is 0 Å². The number of benzene rings is 1. The van der Waals surface area contributed by atoms with Crippen molar-refractivity contribution in [2.24, 2.45) is 0 Å². The Hall–Kier alpha value is -2.47. The molecule has 1 N–H and O–H groups in total. The lowest BCUT2D eigenvalue weighted by Gasteiger charge is -2.09. The van der Waals surface area contributed by atoms with Crippen LogP contribution in [0.15, 0.2) is 59.5 Å². The lowest BCUT2D eigenvalue weighted by Crippen LogP contribution is -2.13. The molecular weight excluding hydrogens is 344 g/mol. The van der Waals surface area contributed by atoms with Crippen LogP contribution in [-0.2, 0) is 0 Å². The third-order valence-electron chi connectivity index (χ3n) is 3.19. The van der Waals surface area contributed by atoms with Crippen molar-refractivity contribution in [2.45, 2.75) is 6.92 Å². The second kappa shape index (κ2) is 6.11. The number of hydrogen-bond acceptors (Lipinski definition) is 3. The van der Waals surface area contributed by atoms with E-state index in [9.17, 15) is 4.79 Å². The van der Waals surface area contributed by atoms with Crippen molar-refractivity contribution in [3.8, 4) is 5.82 Å². The molecule has 5 nitrogen and oxygen atoms in total. The lowest BCUT2D eigenvalue weighted by molar-refractivity contribution is 0.102. The van der Waals surface area contributed by atoms with Gasteiger partial charge in [-0.3, -0.25) is 4.79 Å². The van der Waals surface area contributed by atoms with Crippen molar-refractivity contribution in [3.05, 3.63) is 70.6 Å². The Balaban J connectivity index is 1.77. The fourth-order valence-corrected chi connectivity index (χ4v) is 2.50. The minimum atomic E-state index is -0.190. The zero-order valence-corrected chi connectivity index (χ0v) is 13.4. The molecular formula is C16H13BrN4O. The number of anilines is 1.